The molecule has 0 atom stereocenters. The van der Waals surface area contributed by atoms with Gasteiger partial charge in [0.2, 0.25) is 0 Å². The second-order valence-corrected chi connectivity index (χ2v) is 7.88. The molecule has 7 heteroatoms. The van der Waals surface area contributed by atoms with Crippen LogP contribution in [-0.2, 0) is 11.2 Å². The molecular formula is C21H32N4O3. The maximum Gasteiger partial charge on any atom is 0.318 e. The number of rotatable bonds is 6. The van der Waals surface area contributed by atoms with E-state index in [1.165, 1.54) is 5.56 Å². The van der Waals surface area contributed by atoms with Crippen molar-refractivity contribution < 1.29 is 14.3 Å². The summed E-state index contributed by atoms with van der Waals surface area (Å²) in [6, 6.07) is 10.4. The van der Waals surface area contributed by atoms with Crippen LogP contribution in [0.3, 0.4) is 0 Å². The van der Waals surface area contributed by atoms with Crippen LogP contribution in [0.2, 0.25) is 0 Å². The first-order valence-corrected chi connectivity index (χ1v) is 10.3. The molecule has 2 aliphatic rings. The zero-order chi connectivity index (χ0) is 19.9. The smallest absolute Gasteiger partial charge is 0.318 e. The predicted octanol–water partition coefficient (Wildman–Crippen LogP) is 2.22. The van der Waals surface area contributed by atoms with Gasteiger partial charge in [0, 0.05) is 44.9 Å². The molecule has 0 aliphatic carbocycles. The molecule has 2 fully saturated rings. The highest BCUT2D eigenvalue weighted by Crippen LogP contribution is 2.23. The van der Waals surface area contributed by atoms with Crippen LogP contribution in [0.25, 0.3) is 0 Å². The van der Waals surface area contributed by atoms with Crippen LogP contribution >= 0.6 is 0 Å². The molecule has 1 aromatic carbocycles. The molecular weight excluding hydrogens is 356 g/mol. The van der Waals surface area contributed by atoms with E-state index in [2.05, 4.69) is 22.8 Å². The third kappa shape index (κ3) is 5.38. The average molecular weight is 389 g/mol. The molecule has 154 valence electrons. The second-order valence-electron chi connectivity index (χ2n) is 7.88. The Morgan fingerprint density at radius 3 is 2.46 bits per heavy atom. The van der Waals surface area contributed by atoms with Crippen LogP contribution in [0, 0.1) is 0 Å². The van der Waals surface area contributed by atoms with E-state index in [9.17, 15) is 9.59 Å². The summed E-state index contributed by atoms with van der Waals surface area (Å²) in [7, 11) is 0. The van der Waals surface area contributed by atoms with E-state index in [0.29, 0.717) is 32.8 Å². The van der Waals surface area contributed by atoms with Crippen molar-refractivity contribution in [2.24, 2.45) is 0 Å². The third-order valence-electron chi connectivity index (χ3n) is 5.31. The van der Waals surface area contributed by atoms with Gasteiger partial charge < -0.3 is 25.2 Å². The van der Waals surface area contributed by atoms with E-state index in [4.69, 9.17) is 4.74 Å². The maximum absolute atomic E-state index is 12.7. The van der Waals surface area contributed by atoms with Crippen LogP contribution in [0.4, 0.5) is 9.59 Å². The molecule has 0 unspecified atom stereocenters. The van der Waals surface area contributed by atoms with Gasteiger partial charge in [-0.25, -0.2) is 9.59 Å². The largest absolute Gasteiger partial charge is 0.381 e. The SMILES string of the molecule is CC(C)NC(=O)N(C1CCOCC1)C1CN(C(=O)NCCc2ccccc2)C1. The standard InChI is InChI=1S/C21H32N4O3/c1-16(2)23-21(27)25(18-9-12-28-13-10-18)19-14-24(15-19)20(26)22-11-8-17-6-4-3-5-7-17/h3-7,16,18-19H,8-15H2,1-2H3,(H,22,26)(H,23,27). The minimum Gasteiger partial charge on any atom is -0.381 e. The zero-order valence-corrected chi connectivity index (χ0v) is 16.9. The van der Waals surface area contributed by atoms with Gasteiger partial charge in [-0.15, -0.1) is 0 Å². The normalized spacial score (nSPS) is 17.9. The van der Waals surface area contributed by atoms with Gasteiger partial charge in [0.05, 0.1) is 6.04 Å². The molecule has 0 saturated carbocycles. The number of likely N-dealkylation sites (tertiary alicyclic amines) is 1. The van der Waals surface area contributed by atoms with Crippen molar-refractivity contribution in [2.75, 3.05) is 32.8 Å². The van der Waals surface area contributed by atoms with Crippen molar-refractivity contribution in [1.82, 2.24) is 20.4 Å². The Morgan fingerprint density at radius 2 is 1.82 bits per heavy atom. The number of benzene rings is 1. The van der Waals surface area contributed by atoms with Crippen molar-refractivity contribution in [3.8, 4) is 0 Å². The van der Waals surface area contributed by atoms with Crippen molar-refractivity contribution in [3.63, 3.8) is 0 Å². The number of carbonyl (C=O) groups excluding carboxylic acids is 2. The fraction of sp³-hybridized carbons (Fsp3) is 0.619. The molecule has 0 spiro atoms. The van der Waals surface area contributed by atoms with Crippen LogP contribution in [0.1, 0.15) is 32.3 Å². The number of nitrogens with zero attached hydrogens (tertiary/aromatic N) is 2. The van der Waals surface area contributed by atoms with E-state index >= 15 is 0 Å². The molecule has 0 bridgehead atoms. The summed E-state index contributed by atoms with van der Waals surface area (Å²) in [5.74, 6) is 0. The van der Waals surface area contributed by atoms with E-state index < -0.39 is 0 Å². The molecule has 0 radical (unpaired) electrons. The fourth-order valence-corrected chi connectivity index (χ4v) is 3.78. The number of hydrogen-bond donors (Lipinski definition) is 2. The van der Waals surface area contributed by atoms with E-state index in [-0.39, 0.29) is 30.2 Å². The molecule has 7 nitrogen and oxygen atoms in total. The minimum atomic E-state index is -0.0524. The number of hydrogen-bond acceptors (Lipinski definition) is 3. The number of urea groups is 2. The highest BCUT2D eigenvalue weighted by atomic mass is 16.5. The topological polar surface area (TPSA) is 73.9 Å². The lowest BCUT2D eigenvalue weighted by Gasteiger charge is -2.48. The molecule has 2 aliphatic heterocycles. The Labute approximate surface area is 167 Å². The zero-order valence-electron chi connectivity index (χ0n) is 16.9. The van der Waals surface area contributed by atoms with Gasteiger partial charge in [-0.3, -0.25) is 0 Å². The number of nitrogens with one attached hydrogen (secondary N) is 2. The monoisotopic (exact) mass is 388 g/mol. The Bertz CT molecular complexity index is 640. The number of ether oxygens (including phenoxy) is 1. The van der Waals surface area contributed by atoms with E-state index in [1.54, 1.807) is 4.90 Å². The van der Waals surface area contributed by atoms with Gasteiger partial charge in [-0.05, 0) is 38.7 Å². The maximum atomic E-state index is 12.7. The molecule has 2 N–H and O–H groups in total. The molecule has 2 saturated heterocycles. The highest BCUT2D eigenvalue weighted by molar-refractivity contribution is 5.78. The van der Waals surface area contributed by atoms with Crippen molar-refractivity contribution in [2.45, 2.75) is 51.2 Å². The molecule has 1 aromatic rings. The molecule has 28 heavy (non-hydrogen) atoms. The Morgan fingerprint density at radius 1 is 1.14 bits per heavy atom. The van der Waals surface area contributed by atoms with Crippen LogP contribution in [0.15, 0.2) is 30.3 Å². The third-order valence-corrected chi connectivity index (χ3v) is 5.31. The lowest BCUT2D eigenvalue weighted by molar-refractivity contribution is 0.00226. The van der Waals surface area contributed by atoms with Crippen LogP contribution in [-0.4, -0.2) is 72.8 Å². The minimum absolute atomic E-state index is 0.0314. The Kier molecular flexibility index (Phi) is 7.14. The lowest BCUT2D eigenvalue weighted by Crippen LogP contribution is -2.67. The van der Waals surface area contributed by atoms with Gasteiger partial charge in [0.1, 0.15) is 0 Å². The summed E-state index contributed by atoms with van der Waals surface area (Å²) in [6.45, 7) is 7.08. The average Bonchev–Trinajstić information content (AvgIpc) is 2.65. The molecule has 2 heterocycles. The lowest BCUT2D eigenvalue weighted by atomic mass is 10.0. The summed E-state index contributed by atoms with van der Waals surface area (Å²) >= 11 is 0. The van der Waals surface area contributed by atoms with E-state index in [0.717, 1.165) is 19.3 Å². The van der Waals surface area contributed by atoms with Gasteiger partial charge in [-0.2, -0.15) is 0 Å². The number of amides is 4. The van der Waals surface area contributed by atoms with Gasteiger partial charge >= 0.3 is 12.1 Å². The predicted molar refractivity (Wildman–Crippen MR) is 108 cm³/mol. The van der Waals surface area contributed by atoms with Gasteiger partial charge in [-0.1, -0.05) is 30.3 Å². The second kappa shape index (κ2) is 9.78. The summed E-state index contributed by atoms with van der Waals surface area (Å²) in [4.78, 5) is 28.9. The van der Waals surface area contributed by atoms with Crippen molar-refractivity contribution in [1.29, 1.82) is 0 Å². The first-order chi connectivity index (χ1) is 13.5. The summed E-state index contributed by atoms with van der Waals surface area (Å²) in [5.41, 5.74) is 1.21. The fourth-order valence-electron chi connectivity index (χ4n) is 3.78. The summed E-state index contributed by atoms with van der Waals surface area (Å²) in [5, 5.41) is 5.99. The van der Waals surface area contributed by atoms with Crippen LogP contribution in [0.5, 0.6) is 0 Å². The highest BCUT2D eigenvalue weighted by Gasteiger charge is 2.40. The van der Waals surface area contributed by atoms with Gasteiger partial charge in [0.25, 0.3) is 0 Å². The Balaban J connectivity index is 1.48. The molecule has 0 aromatic heterocycles. The molecule has 4 amide bonds. The van der Waals surface area contributed by atoms with Crippen molar-refractivity contribution in [3.05, 3.63) is 35.9 Å². The van der Waals surface area contributed by atoms with Crippen molar-refractivity contribution >= 4 is 12.1 Å². The van der Waals surface area contributed by atoms with Gasteiger partial charge in [0.15, 0.2) is 0 Å². The number of carbonyl (C=O) groups is 2. The quantitative estimate of drug-likeness (QED) is 0.785. The van der Waals surface area contributed by atoms with Crippen LogP contribution < -0.4 is 10.6 Å². The van der Waals surface area contributed by atoms with E-state index in [1.807, 2.05) is 36.9 Å². The summed E-state index contributed by atoms with van der Waals surface area (Å²) < 4.78 is 5.45. The summed E-state index contributed by atoms with van der Waals surface area (Å²) in [6.07, 6.45) is 2.52. The molecule has 3 rings (SSSR count). The Hall–Kier alpha value is -2.28. The first kappa shape index (κ1) is 20.5. The first-order valence-electron chi connectivity index (χ1n) is 10.3.